The van der Waals surface area contributed by atoms with Gasteiger partial charge < -0.3 is 9.64 Å². The van der Waals surface area contributed by atoms with E-state index in [1.807, 2.05) is 13.8 Å². The van der Waals surface area contributed by atoms with Crippen molar-refractivity contribution in [3.05, 3.63) is 12.4 Å². The zero-order chi connectivity index (χ0) is 13.5. The van der Waals surface area contributed by atoms with Gasteiger partial charge in [0.05, 0.1) is 30.0 Å². The number of ether oxygens (including phenoxy) is 1. The highest BCUT2D eigenvalue weighted by Gasteiger charge is 2.34. The molecule has 0 radical (unpaired) electrons. The summed E-state index contributed by atoms with van der Waals surface area (Å²) in [5.74, 6) is 1.31. The van der Waals surface area contributed by atoms with E-state index in [0.29, 0.717) is 18.1 Å². The predicted molar refractivity (Wildman–Crippen MR) is 70.5 cm³/mol. The van der Waals surface area contributed by atoms with Gasteiger partial charge in [-0.1, -0.05) is 0 Å². The number of rotatable bonds is 2. The molecule has 19 heavy (non-hydrogen) atoms. The van der Waals surface area contributed by atoms with Crippen LogP contribution in [0.1, 0.15) is 13.8 Å². The third-order valence-electron chi connectivity index (χ3n) is 3.07. The zero-order valence-electron chi connectivity index (χ0n) is 10.8. The minimum atomic E-state index is -0.270. The Hall–Kier alpha value is -1.47. The average Bonchev–Trinajstić information content (AvgIpc) is 2.84. The van der Waals surface area contributed by atoms with Crippen LogP contribution in [0.25, 0.3) is 5.65 Å². The molecular weight excluding hydrogens is 268 g/mol. The van der Waals surface area contributed by atoms with Gasteiger partial charge in [0.15, 0.2) is 11.5 Å². The number of nitrogens with zero attached hydrogens (tertiary/aromatic N) is 6. The van der Waals surface area contributed by atoms with Crippen molar-refractivity contribution in [2.75, 3.05) is 23.9 Å². The highest BCUT2D eigenvalue weighted by Crippen LogP contribution is 2.25. The maximum absolute atomic E-state index is 5.94. The van der Waals surface area contributed by atoms with Crippen LogP contribution in [0.5, 0.6) is 0 Å². The molecule has 0 N–H and O–H groups in total. The van der Waals surface area contributed by atoms with Crippen molar-refractivity contribution in [3.63, 3.8) is 0 Å². The molecule has 0 amide bonds. The summed E-state index contributed by atoms with van der Waals surface area (Å²) in [4.78, 5) is 6.34. The Labute approximate surface area is 115 Å². The normalized spacial score (nSPS) is 22.9. The van der Waals surface area contributed by atoms with Gasteiger partial charge in [0.2, 0.25) is 0 Å². The zero-order valence-corrected chi connectivity index (χ0v) is 11.6. The van der Waals surface area contributed by atoms with Crippen molar-refractivity contribution in [3.8, 4) is 0 Å². The Kier molecular flexibility index (Phi) is 3.02. The van der Waals surface area contributed by atoms with Crippen LogP contribution < -0.4 is 4.90 Å². The molecule has 2 aromatic rings. The van der Waals surface area contributed by atoms with Gasteiger partial charge in [0, 0.05) is 13.1 Å². The number of halogens is 1. The smallest absolute Gasteiger partial charge is 0.199 e. The lowest BCUT2D eigenvalue weighted by atomic mass is 10.1. The lowest BCUT2D eigenvalue weighted by Gasteiger charge is -2.42. The molecule has 0 aliphatic carbocycles. The summed E-state index contributed by atoms with van der Waals surface area (Å²) in [6.45, 7) is 5.53. The van der Waals surface area contributed by atoms with Crippen molar-refractivity contribution in [1.29, 1.82) is 0 Å². The van der Waals surface area contributed by atoms with Crippen LogP contribution in [0.2, 0.25) is 0 Å². The van der Waals surface area contributed by atoms with Gasteiger partial charge in [0.1, 0.15) is 0 Å². The van der Waals surface area contributed by atoms with E-state index in [-0.39, 0.29) is 11.7 Å². The van der Waals surface area contributed by atoms with Gasteiger partial charge in [-0.3, -0.25) is 4.98 Å². The fourth-order valence-corrected chi connectivity index (χ4v) is 2.59. The first-order valence-electron chi connectivity index (χ1n) is 6.10. The largest absolute Gasteiger partial charge is 0.367 e. The number of fused-ring (bicyclic) bond motifs is 1. The molecule has 8 heteroatoms. The second-order valence-corrected chi connectivity index (χ2v) is 5.56. The second kappa shape index (κ2) is 4.57. The third-order valence-corrected chi connectivity index (χ3v) is 3.41. The number of anilines is 1. The van der Waals surface area contributed by atoms with Gasteiger partial charge in [-0.2, -0.15) is 4.52 Å². The lowest BCUT2D eigenvalue weighted by molar-refractivity contribution is -0.0737. The number of aromatic nitrogens is 5. The first-order valence-corrected chi connectivity index (χ1v) is 6.63. The average molecular weight is 283 g/mol. The van der Waals surface area contributed by atoms with Crippen LogP contribution in [0, 0.1) is 0 Å². The van der Waals surface area contributed by atoms with E-state index in [4.69, 9.17) is 16.3 Å². The van der Waals surface area contributed by atoms with Crippen LogP contribution in [0.3, 0.4) is 0 Å². The van der Waals surface area contributed by atoms with E-state index in [2.05, 4.69) is 25.4 Å². The summed E-state index contributed by atoms with van der Waals surface area (Å²) in [5.41, 5.74) is 0.359. The van der Waals surface area contributed by atoms with Gasteiger partial charge >= 0.3 is 0 Å². The highest BCUT2D eigenvalue weighted by atomic mass is 35.5. The fraction of sp³-hybridized carbons (Fsp3) is 0.636. The minimum Gasteiger partial charge on any atom is -0.367 e. The first kappa shape index (κ1) is 12.6. The van der Waals surface area contributed by atoms with E-state index < -0.39 is 0 Å². The van der Waals surface area contributed by atoms with Crippen LogP contribution in [-0.4, -0.2) is 55.7 Å². The molecule has 3 heterocycles. The van der Waals surface area contributed by atoms with Crippen LogP contribution in [-0.2, 0) is 4.74 Å². The predicted octanol–water partition coefficient (Wildman–Crippen LogP) is 0.742. The SMILES string of the molecule is CC1(C)CN(c2cncc3nnnn23)CC(CCl)O1. The van der Waals surface area contributed by atoms with Crippen molar-refractivity contribution < 1.29 is 4.74 Å². The van der Waals surface area contributed by atoms with Crippen molar-refractivity contribution in [2.24, 2.45) is 0 Å². The molecule has 1 aliphatic rings. The van der Waals surface area contributed by atoms with Gasteiger partial charge in [-0.05, 0) is 24.3 Å². The summed E-state index contributed by atoms with van der Waals surface area (Å²) in [6.07, 6.45) is 3.38. The molecule has 1 atom stereocenters. The van der Waals surface area contributed by atoms with E-state index >= 15 is 0 Å². The van der Waals surface area contributed by atoms with Crippen molar-refractivity contribution >= 4 is 23.1 Å². The highest BCUT2D eigenvalue weighted by molar-refractivity contribution is 6.18. The fourth-order valence-electron chi connectivity index (χ4n) is 2.43. The number of hydrogen-bond donors (Lipinski definition) is 0. The number of alkyl halides is 1. The lowest BCUT2D eigenvalue weighted by Crippen LogP contribution is -2.54. The molecule has 2 aromatic heterocycles. The monoisotopic (exact) mass is 282 g/mol. The Balaban J connectivity index is 1.98. The van der Waals surface area contributed by atoms with Crippen LogP contribution >= 0.6 is 11.6 Å². The molecule has 102 valence electrons. The first-order chi connectivity index (χ1) is 9.09. The molecule has 0 spiro atoms. The minimum absolute atomic E-state index is 0.0165. The van der Waals surface area contributed by atoms with Crippen molar-refractivity contribution in [1.82, 2.24) is 25.0 Å². The maximum atomic E-state index is 5.94. The molecule has 7 nitrogen and oxygen atoms in total. The molecule has 1 saturated heterocycles. The van der Waals surface area contributed by atoms with E-state index in [1.165, 1.54) is 0 Å². The quantitative estimate of drug-likeness (QED) is 0.757. The van der Waals surface area contributed by atoms with Crippen LogP contribution in [0.4, 0.5) is 5.82 Å². The summed E-state index contributed by atoms with van der Waals surface area (Å²) in [5, 5.41) is 11.6. The molecule has 3 rings (SSSR count). The molecule has 1 unspecified atom stereocenters. The number of tetrazole rings is 1. The summed E-state index contributed by atoms with van der Waals surface area (Å²) < 4.78 is 7.59. The Morgan fingerprint density at radius 1 is 1.47 bits per heavy atom. The van der Waals surface area contributed by atoms with E-state index in [1.54, 1.807) is 16.9 Å². The Morgan fingerprint density at radius 2 is 2.32 bits per heavy atom. The third kappa shape index (κ3) is 2.35. The molecular formula is C11H15ClN6O. The topological polar surface area (TPSA) is 68.4 Å². The second-order valence-electron chi connectivity index (χ2n) is 5.25. The van der Waals surface area contributed by atoms with Crippen LogP contribution in [0.15, 0.2) is 12.4 Å². The molecule has 0 saturated carbocycles. The summed E-state index contributed by atoms with van der Waals surface area (Å²) in [7, 11) is 0. The van der Waals surface area contributed by atoms with Gasteiger partial charge in [0.25, 0.3) is 0 Å². The standard InChI is InChI=1S/C11H15ClN6O/c1-11(2)7-17(6-8(3-12)19-11)10-5-13-4-9-14-15-16-18(9)10/h4-5,8H,3,6-7H2,1-2H3. The van der Waals surface area contributed by atoms with Gasteiger partial charge in [-0.15, -0.1) is 16.7 Å². The number of morpholine rings is 1. The Morgan fingerprint density at radius 3 is 3.11 bits per heavy atom. The number of hydrogen-bond acceptors (Lipinski definition) is 6. The molecule has 0 bridgehead atoms. The molecule has 1 aliphatic heterocycles. The van der Waals surface area contributed by atoms with E-state index in [9.17, 15) is 0 Å². The van der Waals surface area contributed by atoms with Crippen molar-refractivity contribution in [2.45, 2.75) is 25.6 Å². The molecule has 0 aromatic carbocycles. The summed E-state index contributed by atoms with van der Waals surface area (Å²) >= 11 is 5.94. The Bertz CT molecular complexity index is 585. The maximum Gasteiger partial charge on any atom is 0.199 e. The van der Waals surface area contributed by atoms with E-state index in [0.717, 1.165) is 12.4 Å². The molecule has 1 fully saturated rings. The summed E-state index contributed by atoms with van der Waals surface area (Å²) in [6, 6.07) is 0. The van der Waals surface area contributed by atoms with Gasteiger partial charge in [-0.25, -0.2) is 0 Å².